The van der Waals surface area contributed by atoms with Crippen molar-refractivity contribution in [1.29, 1.82) is 0 Å². The number of ether oxygens (including phenoxy) is 1. The van der Waals surface area contributed by atoms with Gasteiger partial charge in [-0.05, 0) is 38.0 Å². The molecule has 2 aromatic carbocycles. The molecule has 0 radical (unpaired) electrons. The molecule has 1 saturated heterocycles. The topological polar surface area (TPSA) is 98.0 Å². The maximum Gasteiger partial charge on any atom is 0.326 e. The summed E-state index contributed by atoms with van der Waals surface area (Å²) in [5, 5.41) is 0. The Morgan fingerprint density at radius 1 is 1.20 bits per heavy atom. The van der Waals surface area contributed by atoms with Crippen LogP contribution in [0.5, 0.6) is 0 Å². The minimum absolute atomic E-state index is 0.00518. The minimum Gasteiger partial charge on any atom is -0.465 e. The van der Waals surface area contributed by atoms with Gasteiger partial charge in [-0.2, -0.15) is 9.30 Å². The Morgan fingerprint density at radius 3 is 2.66 bits per heavy atom. The fraction of sp³-hybridized carbons (Fsp3) is 0.348. The normalized spacial score (nSPS) is 17.6. The highest BCUT2D eigenvalue weighted by Crippen LogP contribution is 2.25. The number of aromatic nitrogens is 1. The Morgan fingerprint density at radius 2 is 1.94 bits per heavy atom. The highest BCUT2D eigenvalue weighted by Gasteiger charge is 2.33. The molecule has 1 fully saturated rings. The van der Waals surface area contributed by atoms with Crippen molar-refractivity contribution in [3.8, 4) is 0 Å². The van der Waals surface area contributed by atoms with E-state index < -0.39 is 46.0 Å². The number of sulfonamides is 1. The highest BCUT2D eigenvalue weighted by atomic mass is 32.2. The molecule has 1 unspecified atom stereocenters. The van der Waals surface area contributed by atoms with Gasteiger partial charge in [-0.15, -0.1) is 0 Å². The number of fused-ring (bicyclic) bond motifs is 1. The van der Waals surface area contributed by atoms with Gasteiger partial charge in [0.1, 0.15) is 12.4 Å². The fourth-order valence-corrected chi connectivity index (χ4v) is 6.61. The molecule has 0 aliphatic carbocycles. The highest BCUT2D eigenvalue weighted by molar-refractivity contribution is 7.89. The second-order valence-electron chi connectivity index (χ2n) is 7.98. The maximum atomic E-state index is 14.6. The van der Waals surface area contributed by atoms with Gasteiger partial charge in [0.15, 0.2) is 10.6 Å². The van der Waals surface area contributed by atoms with E-state index in [0.717, 1.165) is 17.4 Å². The van der Waals surface area contributed by atoms with Crippen molar-refractivity contribution in [2.45, 2.75) is 31.2 Å². The predicted octanol–water partition coefficient (Wildman–Crippen LogP) is 3.07. The third-order valence-electron chi connectivity index (χ3n) is 5.61. The number of carbonyl (C=O) groups is 2. The van der Waals surface area contributed by atoms with E-state index in [2.05, 4.69) is 4.99 Å². The lowest BCUT2D eigenvalue weighted by molar-refractivity contribution is -0.143. The lowest BCUT2D eigenvalue weighted by Gasteiger charge is -2.30. The molecule has 8 nitrogen and oxygen atoms in total. The van der Waals surface area contributed by atoms with E-state index in [1.54, 1.807) is 25.1 Å². The molecule has 0 bridgehead atoms. The van der Waals surface area contributed by atoms with E-state index in [4.69, 9.17) is 4.74 Å². The predicted molar refractivity (Wildman–Crippen MR) is 125 cm³/mol. The number of halogens is 2. The number of amides is 1. The van der Waals surface area contributed by atoms with Crippen LogP contribution in [0.4, 0.5) is 8.78 Å². The second-order valence-corrected chi connectivity index (χ2v) is 10.9. The van der Waals surface area contributed by atoms with Crippen LogP contribution in [0.1, 0.15) is 19.8 Å². The summed E-state index contributed by atoms with van der Waals surface area (Å²) in [5.74, 6) is -3.67. The summed E-state index contributed by atoms with van der Waals surface area (Å²) in [6.07, 6.45) is 0.891. The van der Waals surface area contributed by atoms with Crippen LogP contribution in [0.3, 0.4) is 0 Å². The third-order valence-corrected chi connectivity index (χ3v) is 8.51. The van der Waals surface area contributed by atoms with Gasteiger partial charge < -0.3 is 9.30 Å². The van der Waals surface area contributed by atoms with Crippen LogP contribution in [-0.4, -0.2) is 48.9 Å². The van der Waals surface area contributed by atoms with E-state index >= 15 is 0 Å². The van der Waals surface area contributed by atoms with Crippen molar-refractivity contribution in [1.82, 2.24) is 8.87 Å². The molecular weight excluding hydrogens is 500 g/mol. The van der Waals surface area contributed by atoms with Crippen LogP contribution in [0.15, 0.2) is 52.4 Å². The summed E-state index contributed by atoms with van der Waals surface area (Å²) in [5.41, 5.74) is -0.0621. The van der Waals surface area contributed by atoms with E-state index in [1.165, 1.54) is 21.0 Å². The Kier molecular flexibility index (Phi) is 7.43. The largest absolute Gasteiger partial charge is 0.465 e. The minimum atomic E-state index is -3.78. The number of rotatable bonds is 6. The summed E-state index contributed by atoms with van der Waals surface area (Å²) in [7, 11) is -3.78. The van der Waals surface area contributed by atoms with Crippen molar-refractivity contribution in [3.05, 3.63) is 58.9 Å². The first-order chi connectivity index (χ1) is 16.7. The number of piperidine rings is 1. The summed E-state index contributed by atoms with van der Waals surface area (Å²) >= 11 is 0.864. The molecule has 1 aliphatic heterocycles. The van der Waals surface area contributed by atoms with Crippen molar-refractivity contribution in [2.24, 2.45) is 10.9 Å². The average Bonchev–Trinajstić information content (AvgIpc) is 3.16. The number of hydrogen-bond acceptors (Lipinski definition) is 6. The maximum absolute atomic E-state index is 14.6. The monoisotopic (exact) mass is 523 g/mol. The molecule has 2 heterocycles. The second kappa shape index (κ2) is 10.3. The first-order valence-corrected chi connectivity index (χ1v) is 13.2. The van der Waals surface area contributed by atoms with Crippen LogP contribution in [0.2, 0.25) is 0 Å². The number of benzene rings is 2. The Bertz CT molecular complexity index is 1430. The van der Waals surface area contributed by atoms with E-state index in [9.17, 15) is 26.8 Å². The molecule has 186 valence electrons. The number of nitrogens with zero attached hydrogens (tertiary/aromatic N) is 3. The van der Waals surface area contributed by atoms with Crippen LogP contribution < -0.4 is 4.80 Å². The van der Waals surface area contributed by atoms with Gasteiger partial charge in [0.05, 0.1) is 27.6 Å². The number of esters is 1. The molecule has 1 amide bonds. The van der Waals surface area contributed by atoms with Gasteiger partial charge in [-0.1, -0.05) is 29.5 Å². The van der Waals surface area contributed by atoms with Crippen LogP contribution in [-0.2, 0) is 30.9 Å². The van der Waals surface area contributed by atoms with Crippen LogP contribution >= 0.6 is 11.3 Å². The lowest BCUT2D eigenvalue weighted by atomic mass is 9.99. The molecule has 1 aromatic heterocycles. The molecule has 3 aromatic rings. The van der Waals surface area contributed by atoms with Crippen LogP contribution in [0.25, 0.3) is 10.2 Å². The summed E-state index contributed by atoms with van der Waals surface area (Å²) in [4.78, 5) is 29.5. The summed E-state index contributed by atoms with van der Waals surface area (Å²) < 4.78 is 61.9. The molecule has 12 heteroatoms. The Hall–Kier alpha value is -2.96. The van der Waals surface area contributed by atoms with Crippen molar-refractivity contribution < 1.29 is 31.5 Å². The summed E-state index contributed by atoms with van der Waals surface area (Å²) in [6, 6.07) is 9.74. The fourth-order valence-electron chi connectivity index (χ4n) is 3.99. The molecule has 0 N–H and O–H groups in total. The van der Waals surface area contributed by atoms with Crippen molar-refractivity contribution >= 4 is 43.5 Å². The quantitative estimate of drug-likeness (QED) is 0.463. The lowest BCUT2D eigenvalue weighted by Crippen LogP contribution is -2.42. The zero-order valence-corrected chi connectivity index (χ0v) is 20.4. The van der Waals surface area contributed by atoms with Crippen molar-refractivity contribution in [3.63, 3.8) is 0 Å². The zero-order chi connectivity index (χ0) is 25.2. The van der Waals surface area contributed by atoms with Crippen LogP contribution in [0, 0.1) is 17.6 Å². The first kappa shape index (κ1) is 25.1. The Labute approximate surface area is 204 Å². The molecule has 0 spiro atoms. The third kappa shape index (κ3) is 5.34. The van der Waals surface area contributed by atoms with Gasteiger partial charge >= 0.3 is 5.97 Å². The van der Waals surface area contributed by atoms with Gasteiger partial charge in [-0.25, -0.2) is 17.2 Å². The molecule has 1 aliphatic rings. The molecular formula is C23H23F2N3O5S2. The Balaban J connectivity index is 1.68. The standard InChI is InChI=1S/C23H23F2N3O5S2/c1-2-33-20(29)14-28-21-18(25)11-16(24)12-19(21)34-23(28)26-22(30)15-7-6-10-27(13-15)35(31,32)17-8-4-3-5-9-17/h3-5,8-9,11-12,15H,2,6-7,10,13-14H2,1H3. The average molecular weight is 524 g/mol. The number of carbonyl (C=O) groups excluding carboxylic acids is 2. The van der Waals surface area contributed by atoms with Gasteiger partial charge in [-0.3, -0.25) is 9.59 Å². The van der Waals surface area contributed by atoms with Crippen molar-refractivity contribution in [2.75, 3.05) is 19.7 Å². The van der Waals surface area contributed by atoms with Gasteiger partial charge in [0.25, 0.3) is 5.91 Å². The first-order valence-electron chi connectivity index (χ1n) is 11.0. The van der Waals surface area contributed by atoms with E-state index in [-0.39, 0.29) is 39.6 Å². The summed E-state index contributed by atoms with van der Waals surface area (Å²) in [6.45, 7) is 1.54. The van der Waals surface area contributed by atoms with Gasteiger partial charge in [0.2, 0.25) is 10.0 Å². The number of thiazole rings is 1. The van der Waals surface area contributed by atoms with E-state index in [0.29, 0.717) is 18.9 Å². The molecule has 35 heavy (non-hydrogen) atoms. The number of hydrogen-bond donors (Lipinski definition) is 0. The SMILES string of the molecule is CCOC(=O)Cn1c(=NC(=O)C2CCCN(S(=O)(=O)c3ccccc3)C2)sc2cc(F)cc(F)c21. The molecule has 0 saturated carbocycles. The molecule has 1 atom stereocenters. The van der Waals surface area contributed by atoms with E-state index in [1.807, 2.05) is 0 Å². The molecule has 4 rings (SSSR count). The van der Waals surface area contributed by atoms with Gasteiger partial charge in [0, 0.05) is 19.2 Å². The zero-order valence-electron chi connectivity index (χ0n) is 18.8. The smallest absolute Gasteiger partial charge is 0.326 e.